The van der Waals surface area contributed by atoms with Gasteiger partial charge in [-0.2, -0.15) is 0 Å². The molecule has 0 aliphatic heterocycles. The summed E-state index contributed by atoms with van der Waals surface area (Å²) >= 11 is 0. The third kappa shape index (κ3) is 1.25. The second kappa shape index (κ2) is 2.75. The summed E-state index contributed by atoms with van der Waals surface area (Å²) in [4.78, 5) is 0. The molecule has 0 fully saturated rings. The van der Waals surface area contributed by atoms with E-state index in [0.717, 1.165) is 18.6 Å². The topological polar surface area (TPSA) is 9.23 Å². The van der Waals surface area contributed by atoms with E-state index >= 15 is 0 Å². The number of allylic oxidation sites excluding steroid dienone is 2. The van der Waals surface area contributed by atoms with Gasteiger partial charge in [-0.05, 0) is 25.3 Å². The average Bonchev–Trinajstić information content (AvgIpc) is 1.90. The Morgan fingerprint density at radius 3 is 2.75 bits per heavy atom. The van der Waals surface area contributed by atoms with Crippen LogP contribution < -0.4 is 0 Å². The van der Waals surface area contributed by atoms with Crippen molar-refractivity contribution in [3.63, 3.8) is 0 Å². The van der Waals surface area contributed by atoms with Crippen LogP contribution in [0, 0.1) is 6.08 Å². The third-order valence-corrected chi connectivity index (χ3v) is 1.40. The molecule has 0 amide bonds. The van der Waals surface area contributed by atoms with Gasteiger partial charge in [0.05, 0.1) is 12.9 Å². The first-order valence-corrected chi connectivity index (χ1v) is 3.07. The van der Waals surface area contributed by atoms with Crippen LogP contribution in [0.1, 0.15) is 25.7 Å². The molecular formula is C7H11O. The smallest absolute Gasteiger partial charge is 0.0991 e. The number of hydrogen-bond donors (Lipinski definition) is 0. The molecule has 0 bridgehead atoms. The molecule has 1 rings (SSSR count). The van der Waals surface area contributed by atoms with Crippen molar-refractivity contribution in [1.82, 2.24) is 0 Å². The molecule has 1 radical (unpaired) electrons. The van der Waals surface area contributed by atoms with Crippen LogP contribution in [0.25, 0.3) is 0 Å². The predicted octanol–water partition coefficient (Wildman–Crippen LogP) is 1.89. The molecular weight excluding hydrogens is 100 g/mol. The van der Waals surface area contributed by atoms with Crippen molar-refractivity contribution in [1.29, 1.82) is 0 Å². The Bertz CT molecular complexity index is 94.6. The molecule has 0 aromatic rings. The van der Waals surface area contributed by atoms with E-state index in [9.17, 15) is 0 Å². The van der Waals surface area contributed by atoms with Gasteiger partial charge in [0.15, 0.2) is 0 Å². The molecule has 0 saturated carbocycles. The maximum Gasteiger partial charge on any atom is 0.0991 e. The first-order chi connectivity index (χ1) is 3.93. The number of ether oxygens (including phenoxy) is 1. The van der Waals surface area contributed by atoms with Crippen LogP contribution in [0.4, 0.5) is 0 Å². The maximum atomic E-state index is 5.00. The number of rotatable bonds is 1. The summed E-state index contributed by atoms with van der Waals surface area (Å²) in [6.45, 7) is 0. The molecule has 0 saturated heterocycles. The summed E-state index contributed by atoms with van der Waals surface area (Å²) < 4.78 is 5.00. The fourth-order valence-corrected chi connectivity index (χ4v) is 0.901. The van der Waals surface area contributed by atoms with Crippen molar-refractivity contribution in [2.24, 2.45) is 0 Å². The highest BCUT2D eigenvalue weighted by molar-refractivity contribution is 4.89. The van der Waals surface area contributed by atoms with E-state index in [2.05, 4.69) is 6.08 Å². The summed E-state index contributed by atoms with van der Waals surface area (Å²) in [6, 6.07) is 0. The molecule has 8 heavy (non-hydrogen) atoms. The average molecular weight is 111 g/mol. The van der Waals surface area contributed by atoms with Crippen LogP contribution in [-0.4, -0.2) is 7.11 Å². The molecule has 0 unspecified atom stereocenters. The molecule has 1 aliphatic carbocycles. The molecule has 45 valence electrons. The Morgan fingerprint density at radius 1 is 1.50 bits per heavy atom. The third-order valence-electron chi connectivity index (χ3n) is 1.40. The molecule has 0 aromatic carbocycles. The van der Waals surface area contributed by atoms with E-state index in [-0.39, 0.29) is 0 Å². The summed E-state index contributed by atoms with van der Waals surface area (Å²) in [5.74, 6) is 1.05. The van der Waals surface area contributed by atoms with Gasteiger partial charge in [-0.3, -0.25) is 0 Å². The molecule has 0 atom stereocenters. The first kappa shape index (κ1) is 5.67. The Labute approximate surface area is 50.3 Å². The van der Waals surface area contributed by atoms with Crippen molar-refractivity contribution in [2.75, 3.05) is 7.11 Å². The second-order valence-corrected chi connectivity index (χ2v) is 2.01. The molecule has 0 spiro atoms. The quantitative estimate of drug-likeness (QED) is 0.502. The van der Waals surface area contributed by atoms with Gasteiger partial charge in [0.2, 0.25) is 0 Å². The van der Waals surface area contributed by atoms with Gasteiger partial charge < -0.3 is 4.74 Å². The van der Waals surface area contributed by atoms with E-state index < -0.39 is 0 Å². The molecule has 1 heteroatoms. The summed E-state index contributed by atoms with van der Waals surface area (Å²) in [6.07, 6.45) is 7.90. The maximum absolute atomic E-state index is 5.00. The van der Waals surface area contributed by atoms with Gasteiger partial charge >= 0.3 is 0 Å². The molecule has 1 aliphatic rings. The zero-order chi connectivity index (χ0) is 5.82. The van der Waals surface area contributed by atoms with Gasteiger partial charge in [0, 0.05) is 6.42 Å². The Kier molecular flexibility index (Phi) is 1.95. The van der Waals surface area contributed by atoms with Gasteiger partial charge in [-0.15, -0.1) is 0 Å². The van der Waals surface area contributed by atoms with Crippen molar-refractivity contribution in [2.45, 2.75) is 25.7 Å². The van der Waals surface area contributed by atoms with E-state index in [1.54, 1.807) is 7.11 Å². The first-order valence-electron chi connectivity index (χ1n) is 3.07. The minimum Gasteiger partial charge on any atom is -0.501 e. The molecule has 0 N–H and O–H groups in total. The Morgan fingerprint density at radius 2 is 2.38 bits per heavy atom. The van der Waals surface area contributed by atoms with Crippen molar-refractivity contribution >= 4 is 0 Å². The lowest BCUT2D eigenvalue weighted by atomic mass is 10.1. The Balaban J connectivity index is 2.37. The lowest BCUT2D eigenvalue weighted by molar-refractivity contribution is 0.263. The van der Waals surface area contributed by atoms with E-state index in [1.807, 2.05) is 0 Å². The van der Waals surface area contributed by atoms with Crippen LogP contribution in [0.15, 0.2) is 5.76 Å². The predicted molar refractivity (Wildman–Crippen MR) is 32.2 cm³/mol. The van der Waals surface area contributed by atoms with Crippen molar-refractivity contribution < 1.29 is 4.74 Å². The number of methoxy groups -OCH3 is 1. The zero-order valence-electron chi connectivity index (χ0n) is 5.24. The minimum absolute atomic E-state index is 1.05. The standard InChI is InChI=1S/C7H11O/c1-8-7-5-3-2-4-6-7/h2-5H2,1H3. The lowest BCUT2D eigenvalue weighted by Gasteiger charge is -2.08. The monoisotopic (exact) mass is 111 g/mol. The fourth-order valence-electron chi connectivity index (χ4n) is 0.901. The normalized spacial score (nSPS) is 19.9. The van der Waals surface area contributed by atoms with Gasteiger partial charge in [-0.1, -0.05) is 0 Å². The SMILES string of the molecule is COC1=[C]CCCC1. The number of hydrogen-bond acceptors (Lipinski definition) is 1. The molecule has 1 nitrogen and oxygen atoms in total. The highest BCUT2D eigenvalue weighted by Gasteiger charge is 2.01. The van der Waals surface area contributed by atoms with Gasteiger partial charge in [-0.25, -0.2) is 0 Å². The zero-order valence-corrected chi connectivity index (χ0v) is 5.24. The highest BCUT2D eigenvalue weighted by atomic mass is 16.5. The molecule has 0 heterocycles. The molecule has 0 aromatic heterocycles. The van der Waals surface area contributed by atoms with Crippen LogP contribution in [-0.2, 0) is 4.74 Å². The van der Waals surface area contributed by atoms with E-state index in [4.69, 9.17) is 4.74 Å². The largest absolute Gasteiger partial charge is 0.501 e. The fraction of sp³-hybridized carbons (Fsp3) is 0.714. The van der Waals surface area contributed by atoms with Crippen LogP contribution in [0.3, 0.4) is 0 Å². The van der Waals surface area contributed by atoms with Gasteiger partial charge in [0.1, 0.15) is 0 Å². The second-order valence-electron chi connectivity index (χ2n) is 2.01. The van der Waals surface area contributed by atoms with Crippen LogP contribution in [0.2, 0.25) is 0 Å². The van der Waals surface area contributed by atoms with Crippen molar-refractivity contribution in [3.05, 3.63) is 11.8 Å². The summed E-state index contributed by atoms with van der Waals surface area (Å²) in [5, 5.41) is 0. The van der Waals surface area contributed by atoms with Crippen LogP contribution in [0.5, 0.6) is 0 Å². The van der Waals surface area contributed by atoms with Gasteiger partial charge in [0.25, 0.3) is 0 Å². The van der Waals surface area contributed by atoms with Crippen molar-refractivity contribution in [3.8, 4) is 0 Å². The summed E-state index contributed by atoms with van der Waals surface area (Å²) in [5.41, 5.74) is 0. The summed E-state index contributed by atoms with van der Waals surface area (Å²) in [7, 11) is 1.72. The van der Waals surface area contributed by atoms with Crippen LogP contribution >= 0.6 is 0 Å². The van der Waals surface area contributed by atoms with E-state index in [0.29, 0.717) is 0 Å². The van der Waals surface area contributed by atoms with E-state index in [1.165, 1.54) is 12.8 Å². The lowest BCUT2D eigenvalue weighted by Crippen LogP contribution is -1.93. The highest BCUT2D eigenvalue weighted by Crippen LogP contribution is 2.15. The minimum atomic E-state index is 1.05. The Hall–Kier alpha value is -0.460.